The van der Waals surface area contributed by atoms with Crippen LogP contribution in [0.25, 0.3) is 11.3 Å². The average molecular weight is 345 g/mol. The van der Waals surface area contributed by atoms with Gasteiger partial charge in [0.15, 0.2) is 5.13 Å². The first-order valence-electron chi connectivity index (χ1n) is 8.16. The average Bonchev–Trinajstić information content (AvgIpc) is 3.03. The number of carbonyl (C=O) groups is 1. The van der Waals surface area contributed by atoms with Gasteiger partial charge in [-0.2, -0.15) is 0 Å². The Morgan fingerprint density at radius 3 is 2.79 bits per heavy atom. The monoisotopic (exact) mass is 345 g/mol. The van der Waals surface area contributed by atoms with Gasteiger partial charge in [-0.3, -0.25) is 4.79 Å². The highest BCUT2D eigenvalue weighted by molar-refractivity contribution is 7.14. The Labute approximate surface area is 146 Å². The summed E-state index contributed by atoms with van der Waals surface area (Å²) in [6, 6.07) is 6.29. The minimum absolute atomic E-state index is 0.0465. The van der Waals surface area contributed by atoms with Crippen molar-refractivity contribution in [3.63, 3.8) is 0 Å². The predicted molar refractivity (Wildman–Crippen MR) is 97.2 cm³/mol. The van der Waals surface area contributed by atoms with Crippen molar-refractivity contribution in [2.75, 3.05) is 25.1 Å². The van der Waals surface area contributed by atoms with E-state index in [9.17, 15) is 4.79 Å². The van der Waals surface area contributed by atoms with Gasteiger partial charge in [0.1, 0.15) is 0 Å². The Kier molecular flexibility index (Phi) is 4.99. The Bertz CT molecular complexity index is 736. The largest absolute Gasteiger partial charge is 0.381 e. The van der Waals surface area contributed by atoms with E-state index in [1.54, 1.807) is 0 Å². The molecule has 0 unspecified atom stereocenters. The van der Waals surface area contributed by atoms with Crippen LogP contribution in [0.2, 0.25) is 0 Å². The molecule has 1 fully saturated rings. The zero-order valence-corrected chi connectivity index (χ0v) is 14.9. The molecule has 0 saturated carbocycles. The molecule has 3 N–H and O–H groups in total. The van der Waals surface area contributed by atoms with E-state index in [1.165, 1.54) is 22.5 Å². The number of aromatic nitrogens is 1. The van der Waals surface area contributed by atoms with E-state index in [2.05, 4.69) is 42.3 Å². The van der Waals surface area contributed by atoms with Crippen LogP contribution in [0.5, 0.6) is 0 Å². The zero-order chi connectivity index (χ0) is 17.2. The van der Waals surface area contributed by atoms with Gasteiger partial charge in [0.05, 0.1) is 11.1 Å². The smallest absolute Gasteiger partial charge is 0.233 e. The predicted octanol–water partition coefficient (Wildman–Crippen LogP) is 3.12. The Balaban J connectivity index is 1.77. The van der Waals surface area contributed by atoms with Crippen LogP contribution < -0.4 is 11.1 Å². The molecular formula is C18H23N3O2S. The summed E-state index contributed by atoms with van der Waals surface area (Å²) in [5.74, 6) is -0.0465. The van der Waals surface area contributed by atoms with Gasteiger partial charge >= 0.3 is 0 Å². The molecule has 6 heteroatoms. The van der Waals surface area contributed by atoms with Gasteiger partial charge in [0.2, 0.25) is 5.91 Å². The molecule has 2 aromatic rings. The van der Waals surface area contributed by atoms with Gasteiger partial charge in [-0.05, 0) is 32.3 Å². The lowest BCUT2D eigenvalue weighted by atomic mass is 9.79. The SMILES string of the molecule is Cc1ccc(-c2csc(NC(=O)C3(CN)CCOCC3)n2)c(C)c1. The molecule has 0 radical (unpaired) electrons. The van der Waals surface area contributed by atoms with Crippen LogP contribution in [0, 0.1) is 19.3 Å². The van der Waals surface area contributed by atoms with E-state index in [0.717, 1.165) is 11.3 Å². The summed E-state index contributed by atoms with van der Waals surface area (Å²) in [6.07, 6.45) is 1.31. The number of nitrogens with zero attached hydrogens (tertiary/aromatic N) is 1. The van der Waals surface area contributed by atoms with Gasteiger partial charge in [-0.1, -0.05) is 23.8 Å². The lowest BCUT2D eigenvalue weighted by Gasteiger charge is -2.34. The van der Waals surface area contributed by atoms with Gasteiger partial charge < -0.3 is 15.8 Å². The fraction of sp³-hybridized carbons (Fsp3) is 0.444. The molecule has 1 aromatic heterocycles. The zero-order valence-electron chi connectivity index (χ0n) is 14.1. The standard InChI is InChI=1S/C18H23N3O2S/c1-12-3-4-14(13(2)9-12)15-10-24-17(20-15)21-16(22)18(11-19)5-7-23-8-6-18/h3-4,9-10H,5-8,11,19H2,1-2H3,(H,20,21,22). The number of thiazole rings is 1. The Hall–Kier alpha value is -1.76. The van der Waals surface area contributed by atoms with Crippen LogP contribution in [0.3, 0.4) is 0 Å². The van der Waals surface area contributed by atoms with Crippen molar-refractivity contribution in [1.29, 1.82) is 0 Å². The van der Waals surface area contributed by atoms with Gasteiger partial charge in [0.25, 0.3) is 0 Å². The third-order valence-electron chi connectivity index (χ3n) is 4.70. The van der Waals surface area contributed by atoms with Gasteiger partial charge in [-0.25, -0.2) is 4.98 Å². The van der Waals surface area contributed by atoms with Gasteiger partial charge in [-0.15, -0.1) is 11.3 Å². The molecule has 1 aromatic carbocycles. The van der Waals surface area contributed by atoms with E-state index in [-0.39, 0.29) is 5.91 Å². The topological polar surface area (TPSA) is 77.2 Å². The van der Waals surface area contributed by atoms with Crippen LogP contribution >= 0.6 is 11.3 Å². The molecular weight excluding hydrogens is 322 g/mol. The minimum Gasteiger partial charge on any atom is -0.381 e. The highest BCUT2D eigenvalue weighted by atomic mass is 32.1. The van der Waals surface area contributed by atoms with Crippen molar-refractivity contribution < 1.29 is 9.53 Å². The third kappa shape index (κ3) is 3.36. The molecule has 2 heterocycles. The van der Waals surface area contributed by atoms with E-state index < -0.39 is 5.41 Å². The fourth-order valence-electron chi connectivity index (χ4n) is 3.07. The first-order chi connectivity index (χ1) is 11.5. The maximum absolute atomic E-state index is 12.7. The van der Waals surface area contributed by atoms with Crippen molar-refractivity contribution >= 4 is 22.4 Å². The number of ether oxygens (including phenoxy) is 1. The maximum Gasteiger partial charge on any atom is 0.233 e. The Morgan fingerprint density at radius 1 is 1.38 bits per heavy atom. The fourth-order valence-corrected chi connectivity index (χ4v) is 3.78. The molecule has 0 bridgehead atoms. The molecule has 24 heavy (non-hydrogen) atoms. The van der Waals surface area contributed by atoms with E-state index in [0.29, 0.717) is 37.7 Å². The summed E-state index contributed by atoms with van der Waals surface area (Å²) in [4.78, 5) is 17.3. The molecule has 1 saturated heterocycles. The molecule has 0 spiro atoms. The molecule has 128 valence electrons. The first-order valence-corrected chi connectivity index (χ1v) is 9.04. The molecule has 5 nitrogen and oxygen atoms in total. The number of carbonyl (C=O) groups excluding carboxylic acids is 1. The number of nitrogens with two attached hydrogens (primary N) is 1. The molecule has 1 aliphatic heterocycles. The van der Waals surface area contributed by atoms with E-state index >= 15 is 0 Å². The highest BCUT2D eigenvalue weighted by Gasteiger charge is 2.39. The molecule has 1 amide bonds. The second-order valence-electron chi connectivity index (χ2n) is 6.41. The lowest BCUT2D eigenvalue weighted by molar-refractivity contribution is -0.130. The summed E-state index contributed by atoms with van der Waals surface area (Å²) in [7, 11) is 0. The summed E-state index contributed by atoms with van der Waals surface area (Å²) < 4.78 is 5.36. The Morgan fingerprint density at radius 2 is 2.12 bits per heavy atom. The number of amides is 1. The van der Waals surface area contributed by atoms with Crippen molar-refractivity contribution in [1.82, 2.24) is 4.98 Å². The quantitative estimate of drug-likeness (QED) is 0.892. The molecule has 1 aliphatic rings. The van der Waals surface area contributed by atoms with E-state index in [4.69, 9.17) is 10.5 Å². The van der Waals surface area contributed by atoms with Crippen LogP contribution in [0.1, 0.15) is 24.0 Å². The summed E-state index contributed by atoms with van der Waals surface area (Å²) >= 11 is 1.44. The summed E-state index contributed by atoms with van der Waals surface area (Å²) in [6.45, 7) is 5.64. The van der Waals surface area contributed by atoms with Crippen LogP contribution in [-0.2, 0) is 9.53 Å². The number of hydrogen-bond donors (Lipinski definition) is 2. The number of hydrogen-bond acceptors (Lipinski definition) is 5. The number of benzene rings is 1. The van der Waals surface area contributed by atoms with Gasteiger partial charge in [0, 0.05) is 30.7 Å². The second kappa shape index (κ2) is 7.01. The van der Waals surface area contributed by atoms with Crippen LogP contribution in [0.4, 0.5) is 5.13 Å². The minimum atomic E-state index is -0.538. The van der Waals surface area contributed by atoms with Crippen molar-refractivity contribution in [2.24, 2.45) is 11.1 Å². The van der Waals surface area contributed by atoms with Crippen molar-refractivity contribution in [2.45, 2.75) is 26.7 Å². The molecule has 0 atom stereocenters. The number of nitrogens with one attached hydrogen (secondary N) is 1. The summed E-state index contributed by atoms with van der Waals surface area (Å²) in [5.41, 5.74) is 9.74. The van der Waals surface area contributed by atoms with E-state index in [1.807, 2.05) is 5.38 Å². The van der Waals surface area contributed by atoms with Crippen molar-refractivity contribution in [3.8, 4) is 11.3 Å². The first kappa shape index (κ1) is 17.1. The number of aryl methyl sites for hydroxylation is 2. The van der Waals surface area contributed by atoms with Crippen LogP contribution in [-0.4, -0.2) is 30.6 Å². The third-order valence-corrected chi connectivity index (χ3v) is 5.46. The molecule has 0 aliphatic carbocycles. The maximum atomic E-state index is 12.7. The highest BCUT2D eigenvalue weighted by Crippen LogP contribution is 2.33. The normalized spacial score (nSPS) is 16.8. The van der Waals surface area contributed by atoms with Crippen LogP contribution in [0.15, 0.2) is 23.6 Å². The molecule has 3 rings (SSSR count). The summed E-state index contributed by atoms with van der Waals surface area (Å²) in [5, 5.41) is 5.56. The van der Waals surface area contributed by atoms with Crippen molar-refractivity contribution in [3.05, 3.63) is 34.7 Å². The second-order valence-corrected chi connectivity index (χ2v) is 7.27. The lowest BCUT2D eigenvalue weighted by Crippen LogP contribution is -2.46. The number of rotatable bonds is 4. The number of anilines is 1.